The van der Waals surface area contributed by atoms with Crippen LogP contribution < -0.4 is 5.32 Å². The van der Waals surface area contributed by atoms with Crippen LogP contribution >= 0.6 is 23.2 Å². The standard InChI is InChI=1S/C16H17Cl2NO4/c1-19-16(23-2)12-9(17)7-6-8(14(12)18)15(22)13-10(20)4-3-5-11(13)21/h6-7,13,16,19H,3-5H2,1-2H3. The first-order chi connectivity index (χ1) is 10.9. The minimum Gasteiger partial charge on any atom is -0.362 e. The highest BCUT2D eigenvalue weighted by molar-refractivity contribution is 6.39. The van der Waals surface area contributed by atoms with Crippen LogP contribution in [-0.2, 0) is 14.3 Å². The zero-order valence-corrected chi connectivity index (χ0v) is 14.3. The number of Topliss-reactive ketones (excluding diaryl/α,β-unsaturated/α-hetero) is 3. The van der Waals surface area contributed by atoms with Crippen LogP contribution in [0.4, 0.5) is 0 Å². The quantitative estimate of drug-likeness (QED) is 0.498. The van der Waals surface area contributed by atoms with Gasteiger partial charge in [-0.15, -0.1) is 0 Å². The number of carbonyl (C=O) groups is 3. The van der Waals surface area contributed by atoms with Crippen LogP contribution in [0.25, 0.3) is 0 Å². The number of hydrogen-bond acceptors (Lipinski definition) is 5. The minimum absolute atomic E-state index is 0.0925. The van der Waals surface area contributed by atoms with Crippen LogP contribution in [0.1, 0.15) is 41.4 Å². The molecular weight excluding hydrogens is 341 g/mol. The van der Waals surface area contributed by atoms with Crippen molar-refractivity contribution in [3.8, 4) is 0 Å². The largest absolute Gasteiger partial charge is 0.362 e. The van der Waals surface area contributed by atoms with Crippen molar-refractivity contribution in [1.82, 2.24) is 5.32 Å². The van der Waals surface area contributed by atoms with Crippen molar-refractivity contribution in [2.45, 2.75) is 25.5 Å². The molecule has 23 heavy (non-hydrogen) atoms. The van der Waals surface area contributed by atoms with Crippen molar-refractivity contribution in [1.29, 1.82) is 0 Å². The van der Waals surface area contributed by atoms with E-state index in [9.17, 15) is 14.4 Å². The second kappa shape index (κ2) is 7.53. The summed E-state index contributed by atoms with van der Waals surface area (Å²) in [5, 5.41) is 3.30. The lowest BCUT2D eigenvalue weighted by atomic mass is 9.81. The van der Waals surface area contributed by atoms with E-state index in [1.807, 2.05) is 0 Å². The normalized spacial score (nSPS) is 17.4. The Labute approximate surface area is 144 Å². The lowest BCUT2D eigenvalue weighted by Gasteiger charge is -2.22. The fourth-order valence-corrected chi connectivity index (χ4v) is 3.40. The molecule has 2 rings (SSSR count). The monoisotopic (exact) mass is 357 g/mol. The maximum atomic E-state index is 12.7. The van der Waals surface area contributed by atoms with E-state index in [2.05, 4.69) is 5.32 Å². The Morgan fingerprint density at radius 3 is 2.39 bits per heavy atom. The van der Waals surface area contributed by atoms with E-state index < -0.39 is 17.9 Å². The Bertz CT molecular complexity index is 640. The summed E-state index contributed by atoms with van der Waals surface area (Å²) in [6, 6.07) is 2.95. The highest BCUT2D eigenvalue weighted by atomic mass is 35.5. The lowest BCUT2D eigenvalue weighted by Crippen LogP contribution is -2.35. The number of nitrogens with one attached hydrogen (secondary N) is 1. The molecule has 1 N–H and O–H groups in total. The third-order valence-electron chi connectivity index (χ3n) is 3.90. The molecule has 1 aliphatic carbocycles. The summed E-state index contributed by atoms with van der Waals surface area (Å²) in [6.07, 6.45) is 0.349. The summed E-state index contributed by atoms with van der Waals surface area (Å²) in [7, 11) is 3.13. The van der Waals surface area contributed by atoms with E-state index in [0.717, 1.165) is 0 Å². The van der Waals surface area contributed by atoms with Gasteiger partial charge in [-0.1, -0.05) is 23.2 Å². The Kier molecular flexibility index (Phi) is 5.92. The van der Waals surface area contributed by atoms with Gasteiger partial charge in [0.15, 0.2) is 17.3 Å². The molecule has 1 atom stereocenters. The van der Waals surface area contributed by atoms with Gasteiger partial charge < -0.3 is 4.74 Å². The number of ether oxygens (including phenoxy) is 1. The molecule has 0 aliphatic heterocycles. The zero-order chi connectivity index (χ0) is 17.1. The SMILES string of the molecule is CNC(OC)c1c(Cl)ccc(C(=O)C2C(=O)CCCC2=O)c1Cl. The van der Waals surface area contributed by atoms with E-state index >= 15 is 0 Å². The molecule has 0 bridgehead atoms. The average Bonchev–Trinajstić information content (AvgIpc) is 2.51. The molecule has 0 spiro atoms. The fourth-order valence-electron chi connectivity index (χ4n) is 2.73. The first kappa shape index (κ1) is 18.1. The van der Waals surface area contributed by atoms with Crippen molar-refractivity contribution in [3.05, 3.63) is 33.3 Å². The van der Waals surface area contributed by atoms with Crippen LogP contribution in [0.5, 0.6) is 0 Å². The molecule has 0 radical (unpaired) electrons. The van der Waals surface area contributed by atoms with Gasteiger partial charge in [0.05, 0.1) is 5.02 Å². The predicted octanol–water partition coefficient (Wildman–Crippen LogP) is 2.98. The Morgan fingerprint density at radius 1 is 1.26 bits per heavy atom. The maximum absolute atomic E-state index is 12.7. The fraction of sp³-hybridized carbons (Fsp3) is 0.438. The number of carbonyl (C=O) groups excluding carboxylic acids is 3. The highest BCUT2D eigenvalue weighted by Crippen LogP contribution is 2.35. The van der Waals surface area contributed by atoms with Gasteiger partial charge in [0.2, 0.25) is 0 Å². The second-order valence-corrected chi connectivity index (χ2v) is 6.10. The van der Waals surface area contributed by atoms with Gasteiger partial charge in [0.1, 0.15) is 12.1 Å². The van der Waals surface area contributed by atoms with Gasteiger partial charge in [-0.2, -0.15) is 0 Å². The van der Waals surface area contributed by atoms with Crippen LogP contribution in [-0.4, -0.2) is 31.5 Å². The average molecular weight is 358 g/mol. The third-order valence-corrected chi connectivity index (χ3v) is 4.64. The van der Waals surface area contributed by atoms with Crippen LogP contribution in [0.3, 0.4) is 0 Å². The Balaban J connectivity index is 2.47. The number of methoxy groups -OCH3 is 1. The molecule has 1 saturated carbocycles. The molecular formula is C16H17Cl2NO4. The van der Waals surface area contributed by atoms with Gasteiger partial charge in [0, 0.05) is 36.1 Å². The number of hydrogen-bond donors (Lipinski definition) is 1. The summed E-state index contributed by atoms with van der Waals surface area (Å²) in [5.74, 6) is -2.54. The molecule has 1 fully saturated rings. The number of rotatable bonds is 5. The molecule has 1 aliphatic rings. The van der Waals surface area contributed by atoms with E-state index in [-0.39, 0.29) is 35.0 Å². The molecule has 1 aromatic carbocycles. The van der Waals surface area contributed by atoms with Crippen molar-refractivity contribution in [3.63, 3.8) is 0 Å². The highest BCUT2D eigenvalue weighted by Gasteiger charge is 2.38. The van der Waals surface area contributed by atoms with Crippen LogP contribution in [0, 0.1) is 5.92 Å². The van der Waals surface area contributed by atoms with Crippen LogP contribution in [0.15, 0.2) is 12.1 Å². The Morgan fingerprint density at radius 2 is 1.87 bits per heavy atom. The van der Waals surface area contributed by atoms with E-state index in [1.54, 1.807) is 7.05 Å². The predicted molar refractivity (Wildman–Crippen MR) is 87.0 cm³/mol. The molecule has 0 amide bonds. The second-order valence-electron chi connectivity index (χ2n) is 5.31. The molecule has 1 unspecified atom stereocenters. The van der Waals surface area contributed by atoms with Gasteiger partial charge >= 0.3 is 0 Å². The minimum atomic E-state index is -1.26. The van der Waals surface area contributed by atoms with Gasteiger partial charge in [0.25, 0.3) is 0 Å². The summed E-state index contributed by atoms with van der Waals surface area (Å²) < 4.78 is 5.24. The molecule has 0 aromatic heterocycles. The van der Waals surface area contributed by atoms with E-state index in [1.165, 1.54) is 19.2 Å². The van der Waals surface area contributed by atoms with E-state index in [0.29, 0.717) is 17.0 Å². The first-order valence-electron chi connectivity index (χ1n) is 7.20. The molecule has 0 saturated heterocycles. The van der Waals surface area contributed by atoms with Crippen molar-refractivity contribution < 1.29 is 19.1 Å². The zero-order valence-electron chi connectivity index (χ0n) is 12.8. The molecule has 1 aromatic rings. The topological polar surface area (TPSA) is 72.5 Å². The van der Waals surface area contributed by atoms with E-state index in [4.69, 9.17) is 27.9 Å². The van der Waals surface area contributed by atoms with Crippen LogP contribution in [0.2, 0.25) is 10.0 Å². The lowest BCUT2D eigenvalue weighted by molar-refractivity contribution is -0.133. The number of ketones is 3. The summed E-state index contributed by atoms with van der Waals surface area (Å²) in [6.45, 7) is 0. The number of halogens is 2. The maximum Gasteiger partial charge on any atom is 0.182 e. The molecule has 124 valence electrons. The van der Waals surface area contributed by atoms with Gasteiger partial charge in [-0.25, -0.2) is 0 Å². The first-order valence-corrected chi connectivity index (χ1v) is 7.95. The smallest absolute Gasteiger partial charge is 0.182 e. The van der Waals surface area contributed by atoms with Crippen molar-refractivity contribution in [2.24, 2.45) is 5.92 Å². The summed E-state index contributed by atoms with van der Waals surface area (Å²) >= 11 is 12.5. The van der Waals surface area contributed by atoms with Crippen molar-refractivity contribution in [2.75, 3.05) is 14.2 Å². The van der Waals surface area contributed by atoms with Gasteiger partial charge in [-0.3, -0.25) is 19.7 Å². The van der Waals surface area contributed by atoms with Gasteiger partial charge in [-0.05, 0) is 25.6 Å². The molecule has 7 heteroatoms. The number of benzene rings is 1. The Hall–Kier alpha value is -1.27. The van der Waals surface area contributed by atoms with Crippen molar-refractivity contribution >= 4 is 40.6 Å². The molecule has 5 nitrogen and oxygen atoms in total. The summed E-state index contributed by atoms with van der Waals surface area (Å²) in [5.41, 5.74) is 0.511. The third kappa shape index (κ3) is 3.48. The summed E-state index contributed by atoms with van der Waals surface area (Å²) in [4.78, 5) is 36.6. The molecule has 0 heterocycles.